The molecule has 0 radical (unpaired) electrons. The first kappa shape index (κ1) is 15.1. The number of carbonyl (C=O) groups is 2. The third-order valence-corrected chi connectivity index (χ3v) is 3.52. The Bertz CT molecular complexity index is 576. The van der Waals surface area contributed by atoms with E-state index in [1.807, 2.05) is 0 Å². The van der Waals surface area contributed by atoms with E-state index in [-0.39, 0.29) is 13.0 Å². The zero-order valence-electron chi connectivity index (χ0n) is 11.8. The van der Waals surface area contributed by atoms with Gasteiger partial charge in [-0.05, 0) is 18.2 Å². The van der Waals surface area contributed by atoms with Crippen LogP contribution >= 0.6 is 0 Å². The quantitative estimate of drug-likeness (QED) is 0.907. The van der Waals surface area contributed by atoms with Gasteiger partial charge in [-0.1, -0.05) is 0 Å². The maximum absolute atomic E-state index is 14.0. The first-order valence-electron chi connectivity index (χ1n) is 6.35. The molecular weight excluding hydrogens is 281 g/mol. The van der Waals surface area contributed by atoms with Crippen molar-refractivity contribution in [2.75, 3.05) is 27.3 Å². The summed E-state index contributed by atoms with van der Waals surface area (Å²) in [7, 11) is 2.92. The van der Waals surface area contributed by atoms with Crippen molar-refractivity contribution in [1.82, 2.24) is 4.90 Å². The van der Waals surface area contributed by atoms with Crippen LogP contribution < -0.4 is 9.47 Å². The van der Waals surface area contributed by atoms with Crippen molar-refractivity contribution in [2.24, 2.45) is 0 Å². The fourth-order valence-electron chi connectivity index (χ4n) is 2.27. The molecule has 1 aliphatic heterocycles. The number of carboxylic acid groups (broad SMARTS) is 1. The van der Waals surface area contributed by atoms with Gasteiger partial charge in [-0.2, -0.15) is 0 Å². The van der Waals surface area contributed by atoms with Crippen molar-refractivity contribution in [1.29, 1.82) is 0 Å². The van der Waals surface area contributed by atoms with Crippen molar-refractivity contribution < 1.29 is 28.6 Å². The van der Waals surface area contributed by atoms with Gasteiger partial charge in [-0.3, -0.25) is 4.79 Å². The van der Waals surface area contributed by atoms with E-state index in [1.54, 1.807) is 6.07 Å². The minimum absolute atomic E-state index is 0.0655. The molecule has 1 aromatic rings. The summed E-state index contributed by atoms with van der Waals surface area (Å²) in [5.41, 5.74) is -2.08. The lowest BCUT2D eigenvalue weighted by atomic mass is 10.1. The Balaban J connectivity index is 2.20. The lowest BCUT2D eigenvalue weighted by molar-refractivity contribution is -0.149. The number of ether oxygens (including phenoxy) is 2. The first-order chi connectivity index (χ1) is 9.91. The summed E-state index contributed by atoms with van der Waals surface area (Å²) >= 11 is 0. The van der Waals surface area contributed by atoms with E-state index in [9.17, 15) is 14.0 Å². The second-order valence-corrected chi connectivity index (χ2v) is 4.82. The number of rotatable bonds is 4. The molecule has 1 aromatic carbocycles. The number of carboxylic acids is 1. The summed E-state index contributed by atoms with van der Waals surface area (Å²) in [6.45, 7) is -0.383. The number of carbonyl (C=O) groups excluding carboxylic acids is 1. The van der Waals surface area contributed by atoms with E-state index in [1.165, 1.54) is 31.3 Å². The molecule has 0 aliphatic carbocycles. The molecule has 1 fully saturated rings. The molecule has 0 aromatic heterocycles. The highest BCUT2D eigenvalue weighted by Gasteiger charge is 2.47. The monoisotopic (exact) mass is 297 g/mol. The summed E-state index contributed by atoms with van der Waals surface area (Å²) in [5, 5.41) is 8.84. The van der Waals surface area contributed by atoms with Crippen LogP contribution in [0.1, 0.15) is 16.8 Å². The number of halogens is 1. The van der Waals surface area contributed by atoms with Crippen LogP contribution in [-0.2, 0) is 4.79 Å². The maximum atomic E-state index is 14.0. The van der Waals surface area contributed by atoms with Gasteiger partial charge < -0.3 is 19.5 Å². The van der Waals surface area contributed by atoms with Crippen molar-refractivity contribution in [3.63, 3.8) is 0 Å². The highest BCUT2D eigenvalue weighted by atomic mass is 19.1. The molecular formula is C14H16FNO5. The van der Waals surface area contributed by atoms with Crippen LogP contribution in [0.4, 0.5) is 4.39 Å². The summed E-state index contributed by atoms with van der Waals surface area (Å²) in [6, 6.07) is 4.59. The van der Waals surface area contributed by atoms with Crippen LogP contribution in [0.5, 0.6) is 11.5 Å². The topological polar surface area (TPSA) is 76.1 Å². The standard InChI is InChI=1S/C14H16FNO5/c1-20-10-4-3-9(7-11(10)21-2)12(17)16-6-5-14(15,8-16)13(18)19/h3-4,7H,5-6,8H2,1-2H3,(H,18,19). The van der Waals surface area contributed by atoms with Crippen molar-refractivity contribution in [3.8, 4) is 11.5 Å². The van der Waals surface area contributed by atoms with Gasteiger partial charge in [0, 0.05) is 18.5 Å². The molecule has 0 bridgehead atoms. The van der Waals surface area contributed by atoms with Gasteiger partial charge in [-0.15, -0.1) is 0 Å². The highest BCUT2D eigenvalue weighted by Crippen LogP contribution is 2.30. The zero-order chi connectivity index (χ0) is 15.6. The molecule has 7 heteroatoms. The van der Waals surface area contributed by atoms with E-state index >= 15 is 0 Å². The molecule has 21 heavy (non-hydrogen) atoms. The fourth-order valence-corrected chi connectivity index (χ4v) is 2.27. The fraction of sp³-hybridized carbons (Fsp3) is 0.429. The first-order valence-corrected chi connectivity index (χ1v) is 6.35. The summed E-state index contributed by atoms with van der Waals surface area (Å²) < 4.78 is 24.2. The van der Waals surface area contributed by atoms with Crippen LogP contribution in [0, 0.1) is 0 Å². The van der Waals surface area contributed by atoms with Crippen molar-refractivity contribution >= 4 is 11.9 Å². The number of methoxy groups -OCH3 is 2. The Morgan fingerprint density at radius 1 is 1.29 bits per heavy atom. The summed E-state index contributed by atoms with van der Waals surface area (Å²) in [5.74, 6) is -1.12. The third-order valence-electron chi connectivity index (χ3n) is 3.52. The van der Waals surface area contributed by atoms with Gasteiger partial charge in [0.1, 0.15) is 0 Å². The smallest absolute Gasteiger partial charge is 0.343 e. The second-order valence-electron chi connectivity index (χ2n) is 4.82. The Morgan fingerprint density at radius 2 is 1.95 bits per heavy atom. The molecule has 0 saturated carbocycles. The van der Waals surface area contributed by atoms with Gasteiger partial charge >= 0.3 is 5.97 Å². The molecule has 114 valence electrons. The van der Waals surface area contributed by atoms with E-state index in [0.717, 1.165) is 0 Å². The van der Waals surface area contributed by atoms with E-state index in [0.29, 0.717) is 17.1 Å². The number of hydrogen-bond acceptors (Lipinski definition) is 4. The maximum Gasteiger partial charge on any atom is 0.343 e. The molecule has 1 aliphatic rings. The molecule has 1 amide bonds. The number of likely N-dealkylation sites (tertiary alicyclic amines) is 1. The molecule has 1 saturated heterocycles. The molecule has 1 unspecified atom stereocenters. The van der Waals surface area contributed by atoms with E-state index in [4.69, 9.17) is 14.6 Å². The summed E-state index contributed by atoms with van der Waals surface area (Å²) in [6.07, 6.45) is -0.207. The van der Waals surface area contributed by atoms with Gasteiger partial charge in [0.25, 0.3) is 5.91 Å². The Kier molecular flexibility index (Phi) is 4.02. The van der Waals surface area contributed by atoms with Gasteiger partial charge in [0.2, 0.25) is 5.67 Å². The minimum Gasteiger partial charge on any atom is -0.493 e. The average Bonchev–Trinajstić information content (AvgIpc) is 2.89. The van der Waals surface area contributed by atoms with Crippen molar-refractivity contribution in [3.05, 3.63) is 23.8 Å². The minimum atomic E-state index is -2.37. The molecule has 1 atom stereocenters. The predicted molar refractivity (Wildman–Crippen MR) is 71.5 cm³/mol. The predicted octanol–water partition coefficient (Wildman–Crippen LogP) is 1.34. The Labute approximate surface area is 121 Å². The second kappa shape index (κ2) is 5.59. The lowest BCUT2D eigenvalue weighted by Crippen LogP contribution is -2.38. The van der Waals surface area contributed by atoms with Gasteiger partial charge in [-0.25, -0.2) is 9.18 Å². The van der Waals surface area contributed by atoms with Gasteiger partial charge in [0.15, 0.2) is 11.5 Å². The highest BCUT2D eigenvalue weighted by molar-refractivity contribution is 5.96. The van der Waals surface area contributed by atoms with Gasteiger partial charge in [0.05, 0.1) is 20.8 Å². The normalized spacial score (nSPS) is 21.2. The van der Waals surface area contributed by atoms with Crippen LogP contribution in [0.3, 0.4) is 0 Å². The van der Waals surface area contributed by atoms with E-state index in [2.05, 4.69) is 0 Å². The van der Waals surface area contributed by atoms with Crippen LogP contribution in [0.25, 0.3) is 0 Å². The van der Waals surface area contributed by atoms with Crippen LogP contribution in [0.15, 0.2) is 18.2 Å². The number of hydrogen-bond donors (Lipinski definition) is 1. The number of benzene rings is 1. The van der Waals surface area contributed by atoms with Crippen molar-refractivity contribution in [2.45, 2.75) is 12.1 Å². The average molecular weight is 297 g/mol. The van der Waals surface area contributed by atoms with Crippen LogP contribution in [-0.4, -0.2) is 54.9 Å². The van der Waals surface area contributed by atoms with Crippen LogP contribution in [0.2, 0.25) is 0 Å². The lowest BCUT2D eigenvalue weighted by Gasteiger charge is -2.18. The number of aliphatic carboxylic acids is 1. The molecule has 2 rings (SSSR count). The summed E-state index contributed by atoms with van der Waals surface area (Å²) in [4.78, 5) is 24.3. The molecule has 0 spiro atoms. The zero-order valence-corrected chi connectivity index (χ0v) is 11.8. The third kappa shape index (κ3) is 2.76. The largest absolute Gasteiger partial charge is 0.493 e. The molecule has 6 nitrogen and oxygen atoms in total. The Morgan fingerprint density at radius 3 is 2.48 bits per heavy atom. The number of amides is 1. The SMILES string of the molecule is COc1ccc(C(=O)N2CCC(F)(C(=O)O)C2)cc1OC. The van der Waals surface area contributed by atoms with E-state index < -0.39 is 24.1 Å². The molecule has 1 N–H and O–H groups in total. The number of nitrogens with zero attached hydrogens (tertiary/aromatic N) is 1. The Hall–Kier alpha value is -2.31. The number of alkyl halides is 1. The molecule has 1 heterocycles.